The van der Waals surface area contributed by atoms with E-state index in [1.54, 1.807) is 0 Å². The predicted octanol–water partition coefficient (Wildman–Crippen LogP) is 0.954. The van der Waals surface area contributed by atoms with Crippen molar-refractivity contribution in [1.29, 1.82) is 15.8 Å². The van der Waals surface area contributed by atoms with Gasteiger partial charge in [0.2, 0.25) is 0 Å². The molecule has 0 rings (SSSR count). The van der Waals surface area contributed by atoms with Crippen LogP contribution >= 0.6 is 0 Å². The zero-order valence-corrected chi connectivity index (χ0v) is 4.83. The van der Waals surface area contributed by atoms with Gasteiger partial charge in [-0.1, -0.05) is 0 Å². The molecule has 0 aromatic heterocycles. The van der Waals surface area contributed by atoms with Crippen LogP contribution in [0.4, 0.5) is 0 Å². The van der Waals surface area contributed by atoms with Crippen LogP contribution in [-0.2, 0) is 0 Å². The number of rotatable bonds is 2. The van der Waals surface area contributed by atoms with Crippen LogP contribution in [0.25, 0.3) is 0 Å². The van der Waals surface area contributed by atoms with Gasteiger partial charge >= 0.3 is 0 Å². The van der Waals surface area contributed by atoms with Crippen LogP contribution < -0.4 is 0 Å². The molecule has 0 unspecified atom stereocenters. The quantitative estimate of drug-likeness (QED) is 0.543. The summed E-state index contributed by atoms with van der Waals surface area (Å²) in [4.78, 5) is 0. The van der Waals surface area contributed by atoms with E-state index in [2.05, 4.69) is 0 Å². The molecule has 3 heteroatoms. The minimum Gasteiger partial charge on any atom is -0.198 e. The third kappa shape index (κ3) is 3.09. The second-order valence-electron chi connectivity index (χ2n) is 1.55. The maximum Gasteiger partial charge on any atom is 0.0723 e. The van der Waals surface area contributed by atoms with E-state index in [4.69, 9.17) is 15.8 Å². The van der Waals surface area contributed by atoms with Gasteiger partial charge in [-0.15, -0.1) is 0 Å². The lowest BCUT2D eigenvalue weighted by molar-refractivity contribution is 0.704. The largest absolute Gasteiger partial charge is 0.198 e. The second-order valence-corrected chi connectivity index (χ2v) is 1.55. The first kappa shape index (κ1) is 7.47. The fraction of sp³-hybridized carbons (Fsp3) is 0.500. The Morgan fingerprint density at radius 3 is 1.67 bits per heavy atom. The molecule has 0 heterocycles. The molecule has 0 saturated heterocycles. The standard InChI is InChI=1S/C6H5N3/c7-3-1-6(5-9)2-4-8/h6H,1-2H2. The summed E-state index contributed by atoms with van der Waals surface area (Å²) in [6.45, 7) is 0. The van der Waals surface area contributed by atoms with Gasteiger partial charge in [0, 0.05) is 0 Å². The highest BCUT2D eigenvalue weighted by atomic mass is 14.3. The van der Waals surface area contributed by atoms with Gasteiger partial charge < -0.3 is 0 Å². The lowest BCUT2D eigenvalue weighted by Gasteiger charge is -1.91. The molecule has 0 aliphatic heterocycles. The van der Waals surface area contributed by atoms with Gasteiger partial charge in [0.25, 0.3) is 0 Å². The van der Waals surface area contributed by atoms with Gasteiger partial charge in [-0.2, -0.15) is 15.8 Å². The van der Waals surface area contributed by atoms with Crippen LogP contribution in [0.2, 0.25) is 0 Å². The Kier molecular flexibility index (Phi) is 3.84. The molecule has 0 spiro atoms. The lowest BCUT2D eigenvalue weighted by atomic mass is 10.1. The average Bonchev–Trinajstić information content (AvgIpc) is 1.88. The van der Waals surface area contributed by atoms with E-state index in [1.165, 1.54) is 0 Å². The van der Waals surface area contributed by atoms with Crippen molar-refractivity contribution in [2.24, 2.45) is 5.92 Å². The van der Waals surface area contributed by atoms with Crippen molar-refractivity contribution in [1.82, 2.24) is 0 Å². The monoisotopic (exact) mass is 119 g/mol. The van der Waals surface area contributed by atoms with Crippen molar-refractivity contribution < 1.29 is 0 Å². The van der Waals surface area contributed by atoms with Crippen LogP contribution in [0.5, 0.6) is 0 Å². The highest BCUT2D eigenvalue weighted by Gasteiger charge is 2.03. The normalized spacial score (nSPS) is 7.33. The van der Waals surface area contributed by atoms with E-state index in [0.29, 0.717) is 0 Å². The van der Waals surface area contributed by atoms with Crippen molar-refractivity contribution >= 4 is 0 Å². The van der Waals surface area contributed by atoms with Gasteiger partial charge in [-0.05, 0) is 0 Å². The van der Waals surface area contributed by atoms with Gasteiger partial charge in [0.05, 0.1) is 37.0 Å². The summed E-state index contributed by atoms with van der Waals surface area (Å²) in [6.07, 6.45) is 0.314. The Morgan fingerprint density at radius 1 is 1.00 bits per heavy atom. The van der Waals surface area contributed by atoms with Crippen LogP contribution in [0.1, 0.15) is 12.8 Å². The van der Waals surface area contributed by atoms with Crippen molar-refractivity contribution in [3.8, 4) is 18.2 Å². The Bertz CT molecular complexity index is 172. The highest BCUT2D eigenvalue weighted by Crippen LogP contribution is 2.03. The SMILES string of the molecule is N#CCC(C#N)CC#N. The summed E-state index contributed by atoms with van der Waals surface area (Å²) in [5, 5.41) is 24.4. The van der Waals surface area contributed by atoms with Gasteiger partial charge in [-0.3, -0.25) is 0 Å². The Labute approximate surface area is 53.7 Å². The summed E-state index contributed by atoms with van der Waals surface area (Å²) in [5.74, 6) is -0.403. The highest BCUT2D eigenvalue weighted by molar-refractivity contribution is 4.94. The lowest BCUT2D eigenvalue weighted by Crippen LogP contribution is -1.92. The van der Waals surface area contributed by atoms with Gasteiger partial charge in [-0.25, -0.2) is 0 Å². The summed E-state index contributed by atoms with van der Waals surface area (Å²) in [5.41, 5.74) is 0. The zero-order chi connectivity index (χ0) is 7.11. The van der Waals surface area contributed by atoms with Crippen molar-refractivity contribution in [2.75, 3.05) is 0 Å². The molecule has 0 N–H and O–H groups in total. The van der Waals surface area contributed by atoms with Crippen LogP contribution in [0.15, 0.2) is 0 Å². The molecular formula is C6H5N3. The topological polar surface area (TPSA) is 71.4 Å². The first-order valence-corrected chi connectivity index (χ1v) is 2.48. The van der Waals surface area contributed by atoms with E-state index >= 15 is 0 Å². The molecule has 3 nitrogen and oxygen atoms in total. The number of hydrogen-bond acceptors (Lipinski definition) is 3. The maximum atomic E-state index is 8.24. The van der Waals surface area contributed by atoms with Crippen LogP contribution in [-0.4, -0.2) is 0 Å². The molecule has 0 aromatic rings. The zero-order valence-electron chi connectivity index (χ0n) is 4.83. The first-order valence-electron chi connectivity index (χ1n) is 2.48. The fourth-order valence-electron chi connectivity index (χ4n) is 0.384. The van der Waals surface area contributed by atoms with Crippen LogP contribution in [0.3, 0.4) is 0 Å². The Balaban J connectivity index is 3.65. The fourth-order valence-corrected chi connectivity index (χ4v) is 0.384. The third-order valence-electron chi connectivity index (χ3n) is 0.858. The Hall–Kier alpha value is -1.53. The van der Waals surface area contributed by atoms with E-state index < -0.39 is 5.92 Å². The van der Waals surface area contributed by atoms with Crippen molar-refractivity contribution in [3.05, 3.63) is 0 Å². The summed E-state index contributed by atoms with van der Waals surface area (Å²) in [7, 11) is 0. The molecular weight excluding hydrogens is 114 g/mol. The Morgan fingerprint density at radius 2 is 1.44 bits per heavy atom. The molecule has 0 bridgehead atoms. The molecule has 9 heavy (non-hydrogen) atoms. The molecule has 0 atom stereocenters. The third-order valence-corrected chi connectivity index (χ3v) is 0.858. The second kappa shape index (κ2) is 4.62. The van der Waals surface area contributed by atoms with Crippen molar-refractivity contribution in [2.45, 2.75) is 12.8 Å². The van der Waals surface area contributed by atoms with Gasteiger partial charge in [0.1, 0.15) is 0 Å². The molecule has 0 fully saturated rings. The molecule has 0 radical (unpaired) electrons. The van der Waals surface area contributed by atoms with E-state index in [-0.39, 0.29) is 12.8 Å². The van der Waals surface area contributed by atoms with E-state index in [0.717, 1.165) is 0 Å². The number of nitrogens with zero attached hydrogens (tertiary/aromatic N) is 3. The molecule has 0 aliphatic carbocycles. The molecule has 0 aliphatic rings. The summed E-state index contributed by atoms with van der Waals surface area (Å²) in [6, 6.07) is 5.52. The summed E-state index contributed by atoms with van der Waals surface area (Å²) < 4.78 is 0. The predicted molar refractivity (Wildman–Crippen MR) is 29.6 cm³/mol. The number of nitriles is 3. The first-order chi connectivity index (χ1) is 4.35. The molecule has 0 saturated carbocycles. The minimum absolute atomic E-state index is 0.157. The van der Waals surface area contributed by atoms with Gasteiger partial charge in [0.15, 0.2) is 0 Å². The molecule has 0 aromatic carbocycles. The van der Waals surface area contributed by atoms with Crippen molar-refractivity contribution in [3.63, 3.8) is 0 Å². The maximum absolute atomic E-state index is 8.24. The van der Waals surface area contributed by atoms with Crippen LogP contribution in [0, 0.1) is 39.9 Å². The molecule has 44 valence electrons. The average molecular weight is 119 g/mol. The smallest absolute Gasteiger partial charge is 0.0723 e. The van der Waals surface area contributed by atoms with E-state index in [9.17, 15) is 0 Å². The number of hydrogen-bond donors (Lipinski definition) is 0. The summed E-state index contributed by atoms with van der Waals surface area (Å²) >= 11 is 0. The van der Waals surface area contributed by atoms with E-state index in [1.807, 2.05) is 18.2 Å². The molecule has 0 amide bonds. The minimum atomic E-state index is -0.403.